The molecule has 1 aliphatic rings. The molecule has 0 bridgehead atoms. The molecular weight excluding hydrogens is 505 g/mol. The normalized spacial score (nSPS) is 15.9. The van der Waals surface area contributed by atoms with Crippen molar-refractivity contribution >= 4 is 51.2 Å². The molecule has 0 saturated heterocycles. The number of aromatic nitrogens is 2. The van der Waals surface area contributed by atoms with Crippen LogP contribution in [0.25, 0.3) is 5.69 Å². The Bertz CT molecular complexity index is 1500. The van der Waals surface area contributed by atoms with E-state index in [-0.39, 0.29) is 38.6 Å². The van der Waals surface area contributed by atoms with Crippen molar-refractivity contribution in [1.29, 1.82) is 0 Å². The zero-order valence-corrected chi connectivity index (χ0v) is 20.8. The summed E-state index contributed by atoms with van der Waals surface area (Å²) in [6, 6.07) is 10.7. The lowest BCUT2D eigenvalue weighted by Crippen LogP contribution is -2.42. The number of benzene rings is 2. The topological polar surface area (TPSA) is 92.2 Å². The molecular formula is C22H19Cl2N3O4S2. The molecule has 172 valence electrons. The lowest BCUT2D eigenvalue weighted by atomic mass is 9.95. The van der Waals surface area contributed by atoms with E-state index in [2.05, 4.69) is 4.98 Å². The Morgan fingerprint density at radius 2 is 1.79 bits per heavy atom. The summed E-state index contributed by atoms with van der Waals surface area (Å²) in [5, 5.41) is 0.650. The summed E-state index contributed by atoms with van der Waals surface area (Å²) in [4.78, 5) is 31.3. The monoisotopic (exact) mass is 523 g/mol. The molecule has 2 aromatic carbocycles. The van der Waals surface area contributed by atoms with E-state index in [9.17, 15) is 18.0 Å². The molecule has 1 aliphatic heterocycles. The molecule has 2 heterocycles. The van der Waals surface area contributed by atoms with Crippen molar-refractivity contribution in [3.8, 4) is 5.69 Å². The molecule has 4 rings (SSSR count). The van der Waals surface area contributed by atoms with Gasteiger partial charge in [0.05, 0.1) is 27.2 Å². The van der Waals surface area contributed by atoms with Crippen LogP contribution in [0, 0.1) is 4.77 Å². The summed E-state index contributed by atoms with van der Waals surface area (Å²) in [5.74, 6) is -0.493. The minimum Gasteiger partial charge on any atom is -0.333 e. The summed E-state index contributed by atoms with van der Waals surface area (Å²) >= 11 is 17.4. The minimum absolute atomic E-state index is 0.150. The van der Waals surface area contributed by atoms with Gasteiger partial charge in [-0.05, 0) is 54.7 Å². The smallest absolute Gasteiger partial charge is 0.262 e. The predicted octanol–water partition coefficient (Wildman–Crippen LogP) is 4.36. The maximum atomic E-state index is 13.4. The third kappa shape index (κ3) is 4.50. The van der Waals surface area contributed by atoms with Crippen molar-refractivity contribution in [3.05, 3.63) is 84.5 Å². The summed E-state index contributed by atoms with van der Waals surface area (Å²) < 4.78 is 25.0. The zero-order valence-electron chi connectivity index (χ0n) is 17.6. The van der Waals surface area contributed by atoms with Crippen LogP contribution in [0.15, 0.2) is 52.2 Å². The van der Waals surface area contributed by atoms with Crippen LogP contribution in [0.3, 0.4) is 0 Å². The van der Waals surface area contributed by atoms with Crippen LogP contribution in [0.1, 0.15) is 34.5 Å². The van der Waals surface area contributed by atoms with Crippen LogP contribution in [-0.2, 0) is 16.4 Å². The first-order valence-corrected chi connectivity index (χ1v) is 13.0. The fourth-order valence-electron chi connectivity index (χ4n) is 3.95. The van der Waals surface area contributed by atoms with E-state index in [1.54, 1.807) is 29.2 Å². The van der Waals surface area contributed by atoms with E-state index >= 15 is 0 Å². The highest BCUT2D eigenvalue weighted by molar-refractivity contribution is 7.90. The molecule has 0 spiro atoms. The molecule has 1 amide bonds. The number of fused-ring (bicyclic) bond motifs is 1. The first-order chi connectivity index (χ1) is 15.5. The maximum Gasteiger partial charge on any atom is 0.262 e. The molecule has 3 aromatic rings. The quantitative estimate of drug-likeness (QED) is 0.514. The average Bonchev–Trinajstić information content (AvgIpc) is 2.74. The molecule has 0 radical (unpaired) electrons. The van der Waals surface area contributed by atoms with Gasteiger partial charge in [-0.3, -0.25) is 14.2 Å². The summed E-state index contributed by atoms with van der Waals surface area (Å²) in [7, 11) is -3.36. The second-order valence-corrected chi connectivity index (χ2v) is 11.2. The molecule has 7 nitrogen and oxygen atoms in total. The summed E-state index contributed by atoms with van der Waals surface area (Å²) in [6.07, 6.45) is 1.12. The molecule has 11 heteroatoms. The van der Waals surface area contributed by atoms with Gasteiger partial charge in [-0.25, -0.2) is 8.42 Å². The van der Waals surface area contributed by atoms with Crippen LogP contribution in [0.2, 0.25) is 10.0 Å². The Labute approximate surface area is 205 Å². The fourth-order valence-corrected chi connectivity index (χ4v) is 5.19. The number of hydrogen-bond donors (Lipinski definition) is 1. The number of halogens is 2. The zero-order chi connectivity index (χ0) is 24.1. The van der Waals surface area contributed by atoms with Crippen molar-refractivity contribution < 1.29 is 13.2 Å². The molecule has 33 heavy (non-hydrogen) atoms. The van der Waals surface area contributed by atoms with Crippen LogP contribution in [0.5, 0.6) is 0 Å². The van der Waals surface area contributed by atoms with Crippen molar-refractivity contribution in [2.45, 2.75) is 24.3 Å². The highest BCUT2D eigenvalue weighted by Gasteiger charge is 2.30. The van der Waals surface area contributed by atoms with Gasteiger partial charge in [-0.2, -0.15) is 0 Å². The molecule has 1 unspecified atom stereocenters. The van der Waals surface area contributed by atoms with Crippen molar-refractivity contribution in [2.24, 2.45) is 0 Å². The summed E-state index contributed by atoms with van der Waals surface area (Å²) in [6.45, 7) is 2.38. The average molecular weight is 524 g/mol. The van der Waals surface area contributed by atoms with Crippen molar-refractivity contribution in [2.75, 3.05) is 12.8 Å². The number of rotatable bonds is 3. The predicted molar refractivity (Wildman–Crippen MR) is 130 cm³/mol. The molecule has 0 aliphatic carbocycles. The van der Waals surface area contributed by atoms with E-state index in [4.69, 9.17) is 35.4 Å². The lowest BCUT2D eigenvalue weighted by Gasteiger charge is -2.32. The second kappa shape index (κ2) is 8.72. The third-order valence-electron chi connectivity index (χ3n) is 5.53. The van der Waals surface area contributed by atoms with Gasteiger partial charge in [0.25, 0.3) is 11.5 Å². The van der Waals surface area contributed by atoms with Gasteiger partial charge in [0.15, 0.2) is 14.6 Å². The van der Waals surface area contributed by atoms with Gasteiger partial charge in [-0.15, -0.1) is 0 Å². The van der Waals surface area contributed by atoms with Crippen molar-refractivity contribution in [3.63, 3.8) is 0 Å². The first-order valence-electron chi connectivity index (χ1n) is 9.90. The Hall–Kier alpha value is -2.46. The molecule has 1 atom stereocenters. The number of carbonyl (C=O) groups is 1. The SMILES string of the molecule is CC1CN(C(=O)c2ccc(Cl)c(Cl)c2)Cc2[nH]c(=S)n(-c3ccc(S(C)(=O)=O)cc3)c(=O)c21. The van der Waals surface area contributed by atoms with Gasteiger partial charge in [-0.1, -0.05) is 30.1 Å². The largest absolute Gasteiger partial charge is 0.333 e. The van der Waals surface area contributed by atoms with E-state index in [1.807, 2.05) is 6.92 Å². The fraction of sp³-hybridized carbons (Fsp3) is 0.227. The van der Waals surface area contributed by atoms with Crippen molar-refractivity contribution in [1.82, 2.24) is 14.5 Å². The van der Waals surface area contributed by atoms with Crippen LogP contribution in [-0.4, -0.2) is 41.6 Å². The number of sulfone groups is 1. The van der Waals surface area contributed by atoms with Gasteiger partial charge in [0.2, 0.25) is 0 Å². The standard InChI is InChI=1S/C22H19Cl2N3O4S2/c1-12-10-26(20(28)13-3-8-16(23)17(24)9-13)11-18-19(12)21(29)27(22(32)25-18)14-4-6-15(7-5-14)33(2,30)31/h3-9,12H,10-11H2,1-2H3,(H,25,32). The number of amides is 1. The van der Waals surface area contributed by atoms with Gasteiger partial charge < -0.3 is 9.88 Å². The van der Waals surface area contributed by atoms with Crippen LogP contribution < -0.4 is 5.56 Å². The van der Waals surface area contributed by atoms with Gasteiger partial charge in [0, 0.05) is 35.5 Å². The Morgan fingerprint density at radius 1 is 1.12 bits per heavy atom. The Balaban J connectivity index is 1.72. The first kappa shape index (κ1) is 23.7. The van der Waals surface area contributed by atoms with E-state index < -0.39 is 9.84 Å². The second-order valence-electron chi connectivity index (χ2n) is 7.94. The highest BCUT2D eigenvalue weighted by Crippen LogP contribution is 2.28. The number of nitrogens with one attached hydrogen (secondary N) is 1. The number of hydrogen-bond acceptors (Lipinski definition) is 5. The van der Waals surface area contributed by atoms with Crippen LogP contribution in [0.4, 0.5) is 0 Å². The maximum absolute atomic E-state index is 13.4. The summed E-state index contributed by atoms with van der Waals surface area (Å²) in [5.41, 5.74) is 1.67. The van der Waals surface area contributed by atoms with E-state index in [0.717, 1.165) is 6.26 Å². The number of nitrogens with zero attached hydrogens (tertiary/aromatic N) is 2. The van der Waals surface area contributed by atoms with E-state index in [0.29, 0.717) is 34.1 Å². The number of H-pyrrole nitrogens is 1. The van der Waals surface area contributed by atoms with Gasteiger partial charge in [0.1, 0.15) is 0 Å². The highest BCUT2D eigenvalue weighted by atomic mass is 35.5. The minimum atomic E-state index is -3.36. The lowest BCUT2D eigenvalue weighted by molar-refractivity contribution is 0.0716. The van der Waals surface area contributed by atoms with E-state index in [1.165, 1.54) is 22.8 Å². The Kier molecular flexibility index (Phi) is 6.26. The third-order valence-corrected chi connectivity index (χ3v) is 7.68. The molecule has 0 fully saturated rings. The molecule has 0 saturated carbocycles. The van der Waals surface area contributed by atoms with Crippen LogP contribution >= 0.6 is 35.4 Å². The molecule has 1 N–H and O–H groups in total. The number of aromatic amines is 1. The van der Waals surface area contributed by atoms with Gasteiger partial charge >= 0.3 is 0 Å². The number of carbonyl (C=O) groups excluding carboxylic acids is 1. The Morgan fingerprint density at radius 3 is 2.39 bits per heavy atom. The molecule has 1 aromatic heterocycles.